The molecule has 0 spiro atoms. The molecule has 0 saturated heterocycles. The average molecular weight is 294 g/mol. The van der Waals surface area contributed by atoms with Crippen LogP contribution >= 0.6 is 15.9 Å². The Morgan fingerprint density at radius 1 is 1.53 bits per heavy atom. The molecule has 1 aromatic carbocycles. The van der Waals surface area contributed by atoms with Crippen LogP contribution in [0.15, 0.2) is 34.8 Å². The number of hydrogen-bond acceptors (Lipinski definition) is 1. The Labute approximate surface area is 110 Å². The lowest BCUT2D eigenvalue weighted by atomic mass is 10.0. The molecule has 0 fully saturated rings. The van der Waals surface area contributed by atoms with E-state index in [-0.39, 0.29) is 5.91 Å². The third kappa shape index (κ3) is 3.43. The first-order valence-corrected chi connectivity index (χ1v) is 6.67. The van der Waals surface area contributed by atoms with Gasteiger partial charge in [0.15, 0.2) is 0 Å². The molecule has 2 nitrogen and oxygen atoms in total. The zero-order chi connectivity index (χ0) is 12.3. The molecule has 1 aromatic rings. The van der Waals surface area contributed by atoms with Gasteiger partial charge >= 0.3 is 0 Å². The quantitative estimate of drug-likeness (QED) is 0.837. The smallest absolute Gasteiger partial charge is 0.224 e. The second kappa shape index (κ2) is 5.50. The number of aryl methyl sites for hydroxylation is 1. The normalized spacial score (nSPS) is 18.4. The van der Waals surface area contributed by atoms with Crippen molar-refractivity contribution in [3.05, 3.63) is 40.4 Å². The van der Waals surface area contributed by atoms with Gasteiger partial charge in [-0.2, -0.15) is 0 Å². The highest BCUT2D eigenvalue weighted by atomic mass is 79.9. The highest BCUT2D eigenvalue weighted by Gasteiger charge is 2.14. The molecular formula is C14H16BrNO. The molecule has 2 rings (SSSR count). The van der Waals surface area contributed by atoms with Gasteiger partial charge in [-0.05, 0) is 49.4 Å². The van der Waals surface area contributed by atoms with Crippen molar-refractivity contribution in [1.29, 1.82) is 0 Å². The Morgan fingerprint density at radius 2 is 2.35 bits per heavy atom. The van der Waals surface area contributed by atoms with E-state index in [1.54, 1.807) is 0 Å². The molecule has 3 heteroatoms. The predicted octanol–water partition coefficient (Wildman–Crippen LogP) is 4.05. The number of hydrogen-bond donors (Lipinski definition) is 1. The van der Waals surface area contributed by atoms with Crippen molar-refractivity contribution in [2.45, 2.75) is 26.2 Å². The summed E-state index contributed by atoms with van der Waals surface area (Å²) in [4.78, 5) is 11.8. The van der Waals surface area contributed by atoms with Gasteiger partial charge in [0.05, 0.1) is 0 Å². The Bertz CT molecular complexity index is 454. The number of anilines is 1. The molecule has 0 heterocycles. The fourth-order valence-electron chi connectivity index (χ4n) is 2.07. The first-order valence-electron chi connectivity index (χ1n) is 5.88. The van der Waals surface area contributed by atoms with Crippen molar-refractivity contribution >= 4 is 27.5 Å². The van der Waals surface area contributed by atoms with Crippen LogP contribution < -0.4 is 5.32 Å². The van der Waals surface area contributed by atoms with Gasteiger partial charge in [-0.25, -0.2) is 0 Å². The van der Waals surface area contributed by atoms with E-state index in [0.717, 1.165) is 28.6 Å². The number of carbonyl (C=O) groups excluding carboxylic acids is 1. The minimum absolute atomic E-state index is 0.104. The van der Waals surface area contributed by atoms with E-state index >= 15 is 0 Å². The van der Waals surface area contributed by atoms with Crippen molar-refractivity contribution in [3.8, 4) is 0 Å². The first-order chi connectivity index (χ1) is 8.15. The van der Waals surface area contributed by atoms with E-state index in [9.17, 15) is 4.79 Å². The van der Waals surface area contributed by atoms with Gasteiger partial charge in [0.25, 0.3) is 0 Å². The molecule has 0 aliphatic heterocycles. The Kier molecular flexibility index (Phi) is 4.00. The summed E-state index contributed by atoms with van der Waals surface area (Å²) in [7, 11) is 0. The van der Waals surface area contributed by atoms with Crippen molar-refractivity contribution in [1.82, 2.24) is 0 Å². The summed E-state index contributed by atoms with van der Waals surface area (Å²) < 4.78 is 1.03. The molecule has 90 valence electrons. The number of rotatable bonds is 3. The number of nitrogens with one attached hydrogen (secondary N) is 1. The molecule has 1 aliphatic rings. The summed E-state index contributed by atoms with van der Waals surface area (Å²) in [6.07, 6.45) is 7.10. The maximum Gasteiger partial charge on any atom is 0.224 e. The molecule has 1 N–H and O–H groups in total. The summed E-state index contributed by atoms with van der Waals surface area (Å²) in [5, 5.41) is 2.97. The van der Waals surface area contributed by atoms with Crippen LogP contribution in [0.3, 0.4) is 0 Å². The summed E-state index contributed by atoms with van der Waals surface area (Å²) in [5.74, 6) is 0.526. The van der Waals surface area contributed by atoms with Crippen molar-refractivity contribution in [2.75, 3.05) is 5.32 Å². The van der Waals surface area contributed by atoms with Gasteiger partial charge in [0, 0.05) is 16.6 Å². The minimum atomic E-state index is 0.104. The minimum Gasteiger partial charge on any atom is -0.326 e. The van der Waals surface area contributed by atoms with Crippen LogP contribution in [0.2, 0.25) is 0 Å². The highest BCUT2D eigenvalue weighted by Crippen LogP contribution is 2.23. The summed E-state index contributed by atoms with van der Waals surface area (Å²) in [6.45, 7) is 2.00. The van der Waals surface area contributed by atoms with Crippen LogP contribution in [0.5, 0.6) is 0 Å². The van der Waals surface area contributed by atoms with E-state index in [4.69, 9.17) is 0 Å². The molecule has 1 unspecified atom stereocenters. The van der Waals surface area contributed by atoms with E-state index in [1.165, 1.54) is 0 Å². The maximum atomic E-state index is 11.8. The molecule has 1 amide bonds. The number of allylic oxidation sites excluding steroid dienone is 2. The standard InChI is InChI=1S/C14H16BrNO/c1-10-8-12(15)6-7-13(10)16-14(17)9-11-4-2-3-5-11/h2,4,6-8,11H,3,5,9H2,1H3,(H,16,17). The van der Waals surface area contributed by atoms with Gasteiger partial charge < -0.3 is 5.32 Å². The third-order valence-corrected chi connectivity index (χ3v) is 3.52. The zero-order valence-corrected chi connectivity index (χ0v) is 11.5. The van der Waals surface area contributed by atoms with Crippen LogP contribution in [-0.4, -0.2) is 5.91 Å². The lowest BCUT2D eigenvalue weighted by Gasteiger charge is -2.11. The first kappa shape index (κ1) is 12.4. The number of carbonyl (C=O) groups is 1. The summed E-state index contributed by atoms with van der Waals surface area (Å²) in [5.41, 5.74) is 1.98. The topological polar surface area (TPSA) is 29.1 Å². The third-order valence-electron chi connectivity index (χ3n) is 3.02. The monoisotopic (exact) mass is 293 g/mol. The Morgan fingerprint density at radius 3 is 3.00 bits per heavy atom. The van der Waals surface area contributed by atoms with Crippen LogP contribution in [0, 0.1) is 12.8 Å². The Balaban J connectivity index is 1.95. The number of amides is 1. The average Bonchev–Trinajstić information content (AvgIpc) is 2.75. The maximum absolute atomic E-state index is 11.8. The van der Waals surface area contributed by atoms with Gasteiger partial charge in [-0.3, -0.25) is 4.79 Å². The fourth-order valence-corrected chi connectivity index (χ4v) is 2.55. The molecule has 0 aromatic heterocycles. The van der Waals surface area contributed by atoms with E-state index in [1.807, 2.05) is 25.1 Å². The molecule has 17 heavy (non-hydrogen) atoms. The molecule has 0 saturated carbocycles. The van der Waals surface area contributed by atoms with Crippen molar-refractivity contribution in [3.63, 3.8) is 0 Å². The van der Waals surface area contributed by atoms with Crippen molar-refractivity contribution < 1.29 is 4.79 Å². The van der Waals surface area contributed by atoms with E-state index < -0.39 is 0 Å². The van der Waals surface area contributed by atoms with Crippen LogP contribution in [0.4, 0.5) is 5.69 Å². The highest BCUT2D eigenvalue weighted by molar-refractivity contribution is 9.10. The van der Waals surface area contributed by atoms with E-state index in [0.29, 0.717) is 12.3 Å². The molecular weight excluding hydrogens is 278 g/mol. The van der Waals surface area contributed by atoms with Gasteiger partial charge in [0.1, 0.15) is 0 Å². The molecule has 1 aliphatic carbocycles. The Hall–Kier alpha value is -1.09. The molecule has 1 atom stereocenters. The van der Waals surface area contributed by atoms with Crippen LogP contribution in [-0.2, 0) is 4.79 Å². The predicted molar refractivity (Wildman–Crippen MR) is 74.0 cm³/mol. The molecule has 0 radical (unpaired) electrons. The van der Waals surface area contributed by atoms with Crippen molar-refractivity contribution in [2.24, 2.45) is 5.92 Å². The second-order valence-electron chi connectivity index (χ2n) is 4.48. The largest absolute Gasteiger partial charge is 0.326 e. The molecule has 0 bridgehead atoms. The van der Waals surface area contributed by atoms with Gasteiger partial charge in [-0.15, -0.1) is 0 Å². The lowest BCUT2D eigenvalue weighted by molar-refractivity contribution is -0.116. The fraction of sp³-hybridized carbons (Fsp3) is 0.357. The van der Waals surface area contributed by atoms with Gasteiger partial charge in [-0.1, -0.05) is 28.1 Å². The number of benzene rings is 1. The van der Waals surface area contributed by atoms with Crippen LogP contribution in [0.25, 0.3) is 0 Å². The van der Waals surface area contributed by atoms with E-state index in [2.05, 4.69) is 33.4 Å². The van der Waals surface area contributed by atoms with Gasteiger partial charge in [0.2, 0.25) is 5.91 Å². The number of halogens is 1. The lowest BCUT2D eigenvalue weighted by Crippen LogP contribution is -2.15. The summed E-state index contributed by atoms with van der Waals surface area (Å²) in [6, 6.07) is 5.88. The van der Waals surface area contributed by atoms with Crippen LogP contribution in [0.1, 0.15) is 24.8 Å². The summed E-state index contributed by atoms with van der Waals surface area (Å²) >= 11 is 3.41. The zero-order valence-electron chi connectivity index (χ0n) is 9.87. The SMILES string of the molecule is Cc1cc(Br)ccc1NC(=O)CC1C=CCC1. The second-order valence-corrected chi connectivity index (χ2v) is 5.39.